The van der Waals surface area contributed by atoms with Gasteiger partial charge in [0.25, 0.3) is 5.91 Å². The summed E-state index contributed by atoms with van der Waals surface area (Å²) < 4.78 is 5.08. The molecule has 2 aromatic rings. The fourth-order valence-electron chi connectivity index (χ4n) is 2.44. The van der Waals surface area contributed by atoms with Gasteiger partial charge in [-0.3, -0.25) is 4.79 Å². The van der Waals surface area contributed by atoms with Gasteiger partial charge in [0.2, 0.25) is 0 Å². The van der Waals surface area contributed by atoms with Gasteiger partial charge in [-0.2, -0.15) is 0 Å². The molecule has 0 spiro atoms. The van der Waals surface area contributed by atoms with E-state index in [-0.39, 0.29) is 23.9 Å². The third kappa shape index (κ3) is 7.29. The molecule has 7 heteroatoms. The lowest BCUT2D eigenvalue weighted by molar-refractivity contribution is 0.0505. The molecule has 7 nitrogen and oxygen atoms in total. The minimum atomic E-state index is -0.379. The summed E-state index contributed by atoms with van der Waals surface area (Å²) in [6.45, 7) is 6.46. The third-order valence-electron chi connectivity index (χ3n) is 3.90. The molecular weight excluding hydrogens is 370 g/mol. The van der Waals surface area contributed by atoms with Gasteiger partial charge in [0.15, 0.2) is 0 Å². The van der Waals surface area contributed by atoms with Gasteiger partial charge in [-0.15, -0.1) is 0 Å². The fourth-order valence-corrected chi connectivity index (χ4v) is 2.44. The van der Waals surface area contributed by atoms with E-state index in [9.17, 15) is 14.4 Å². The van der Waals surface area contributed by atoms with Gasteiger partial charge in [0.05, 0.1) is 12.2 Å². The first-order valence-electron chi connectivity index (χ1n) is 9.61. The van der Waals surface area contributed by atoms with Crippen LogP contribution in [0, 0.1) is 0 Å². The van der Waals surface area contributed by atoms with E-state index in [1.165, 1.54) is 0 Å². The summed E-state index contributed by atoms with van der Waals surface area (Å²) in [6, 6.07) is 13.4. The number of rotatable bonds is 8. The maximum atomic E-state index is 12.4. The van der Waals surface area contributed by atoms with Crippen LogP contribution in [0.5, 0.6) is 0 Å². The van der Waals surface area contributed by atoms with Gasteiger partial charge in [-0.05, 0) is 62.2 Å². The first-order chi connectivity index (χ1) is 13.9. The van der Waals surface area contributed by atoms with Crippen molar-refractivity contribution in [3.63, 3.8) is 0 Å². The van der Waals surface area contributed by atoms with Crippen molar-refractivity contribution in [2.24, 2.45) is 0 Å². The standard InChI is InChI=1S/C22H27N3O4/c1-4-13-29-21(27)18-9-11-19(12-10-18)25-20(26)17-7-5-16(6-8-17)14-23-22(28)24-15(2)3/h5-12,15H,4,13-14H2,1-3H3,(H,25,26)(H2,23,24,28). The topological polar surface area (TPSA) is 96.5 Å². The van der Waals surface area contributed by atoms with Crippen LogP contribution in [0.1, 0.15) is 53.5 Å². The Kier molecular flexibility index (Phi) is 8.21. The summed E-state index contributed by atoms with van der Waals surface area (Å²) in [6.07, 6.45) is 0.764. The highest BCUT2D eigenvalue weighted by Gasteiger charge is 2.09. The van der Waals surface area contributed by atoms with Crippen LogP contribution in [0.2, 0.25) is 0 Å². The second kappa shape index (κ2) is 10.8. The number of esters is 1. The highest BCUT2D eigenvalue weighted by molar-refractivity contribution is 6.04. The summed E-state index contributed by atoms with van der Waals surface area (Å²) in [5.74, 6) is -0.639. The van der Waals surface area contributed by atoms with E-state index in [4.69, 9.17) is 4.74 Å². The van der Waals surface area contributed by atoms with E-state index in [0.717, 1.165) is 12.0 Å². The average molecular weight is 397 g/mol. The maximum absolute atomic E-state index is 12.4. The van der Waals surface area contributed by atoms with Crippen LogP contribution >= 0.6 is 0 Å². The summed E-state index contributed by atoms with van der Waals surface area (Å²) in [7, 11) is 0. The van der Waals surface area contributed by atoms with Crippen LogP contribution in [0.15, 0.2) is 48.5 Å². The Morgan fingerprint density at radius 1 is 0.931 bits per heavy atom. The number of carbonyl (C=O) groups excluding carboxylic acids is 3. The number of carbonyl (C=O) groups is 3. The minimum absolute atomic E-state index is 0.0668. The highest BCUT2D eigenvalue weighted by Crippen LogP contribution is 2.13. The second-order valence-electron chi connectivity index (χ2n) is 6.85. The largest absolute Gasteiger partial charge is 0.462 e. The lowest BCUT2D eigenvalue weighted by atomic mass is 10.1. The molecule has 0 bridgehead atoms. The molecule has 0 aromatic heterocycles. The molecule has 0 fully saturated rings. The number of amides is 3. The first-order valence-corrected chi connectivity index (χ1v) is 9.61. The molecule has 0 saturated carbocycles. The molecule has 0 radical (unpaired) electrons. The van der Waals surface area contributed by atoms with E-state index in [0.29, 0.717) is 30.0 Å². The Bertz CT molecular complexity index is 830. The molecule has 0 aliphatic carbocycles. The van der Waals surface area contributed by atoms with E-state index in [1.807, 2.05) is 20.8 Å². The van der Waals surface area contributed by atoms with Crippen molar-refractivity contribution in [1.82, 2.24) is 10.6 Å². The predicted octanol–water partition coefficient (Wildman–Crippen LogP) is 3.71. The number of urea groups is 1. The van der Waals surface area contributed by atoms with Crippen molar-refractivity contribution >= 4 is 23.6 Å². The summed E-state index contributed by atoms with van der Waals surface area (Å²) >= 11 is 0. The Labute approximate surface area is 170 Å². The molecule has 2 aromatic carbocycles. The van der Waals surface area contributed by atoms with E-state index in [1.54, 1.807) is 48.5 Å². The van der Waals surface area contributed by atoms with Crippen molar-refractivity contribution in [1.29, 1.82) is 0 Å². The number of hydrogen-bond acceptors (Lipinski definition) is 4. The van der Waals surface area contributed by atoms with Crippen molar-refractivity contribution < 1.29 is 19.1 Å². The SMILES string of the molecule is CCCOC(=O)c1ccc(NC(=O)c2ccc(CNC(=O)NC(C)C)cc2)cc1. The highest BCUT2D eigenvalue weighted by atomic mass is 16.5. The molecule has 0 heterocycles. The van der Waals surface area contributed by atoms with Crippen LogP contribution in [-0.2, 0) is 11.3 Å². The zero-order valence-electron chi connectivity index (χ0n) is 17.0. The number of nitrogens with one attached hydrogen (secondary N) is 3. The Balaban J connectivity index is 1.89. The number of anilines is 1. The molecule has 3 amide bonds. The van der Waals surface area contributed by atoms with Crippen LogP contribution < -0.4 is 16.0 Å². The van der Waals surface area contributed by atoms with Crippen LogP contribution in [0.25, 0.3) is 0 Å². The Morgan fingerprint density at radius 2 is 1.55 bits per heavy atom. The zero-order chi connectivity index (χ0) is 21.2. The third-order valence-corrected chi connectivity index (χ3v) is 3.90. The lowest BCUT2D eigenvalue weighted by Crippen LogP contribution is -2.39. The molecule has 29 heavy (non-hydrogen) atoms. The van der Waals surface area contributed by atoms with E-state index < -0.39 is 0 Å². The maximum Gasteiger partial charge on any atom is 0.338 e. The van der Waals surface area contributed by atoms with Gasteiger partial charge in [-0.1, -0.05) is 19.1 Å². The van der Waals surface area contributed by atoms with Crippen LogP contribution in [0.4, 0.5) is 10.5 Å². The molecule has 2 rings (SSSR count). The lowest BCUT2D eigenvalue weighted by Gasteiger charge is -2.10. The monoisotopic (exact) mass is 397 g/mol. The second-order valence-corrected chi connectivity index (χ2v) is 6.85. The van der Waals surface area contributed by atoms with E-state index in [2.05, 4.69) is 16.0 Å². The van der Waals surface area contributed by atoms with Gasteiger partial charge >= 0.3 is 12.0 Å². The fraction of sp³-hybridized carbons (Fsp3) is 0.318. The molecule has 0 unspecified atom stereocenters. The molecule has 3 N–H and O–H groups in total. The zero-order valence-corrected chi connectivity index (χ0v) is 17.0. The Morgan fingerprint density at radius 3 is 2.14 bits per heavy atom. The van der Waals surface area contributed by atoms with Crippen molar-refractivity contribution in [3.05, 3.63) is 65.2 Å². The summed E-state index contributed by atoms with van der Waals surface area (Å²) in [5, 5.41) is 8.29. The predicted molar refractivity (Wildman–Crippen MR) is 112 cm³/mol. The molecular formula is C22H27N3O4. The van der Waals surface area contributed by atoms with Crippen molar-refractivity contribution in [3.8, 4) is 0 Å². The quantitative estimate of drug-likeness (QED) is 0.592. The normalized spacial score (nSPS) is 10.3. The van der Waals surface area contributed by atoms with Crippen molar-refractivity contribution in [2.75, 3.05) is 11.9 Å². The first kappa shape index (κ1) is 21.9. The number of ether oxygens (including phenoxy) is 1. The smallest absolute Gasteiger partial charge is 0.338 e. The van der Waals surface area contributed by atoms with Gasteiger partial charge in [0, 0.05) is 23.8 Å². The van der Waals surface area contributed by atoms with Gasteiger partial charge < -0.3 is 20.7 Å². The van der Waals surface area contributed by atoms with E-state index >= 15 is 0 Å². The molecule has 154 valence electrons. The summed E-state index contributed by atoms with van der Waals surface area (Å²) in [4.78, 5) is 35.8. The van der Waals surface area contributed by atoms with Gasteiger partial charge in [-0.25, -0.2) is 9.59 Å². The van der Waals surface area contributed by atoms with Crippen LogP contribution in [0.3, 0.4) is 0 Å². The van der Waals surface area contributed by atoms with Crippen LogP contribution in [-0.4, -0.2) is 30.6 Å². The summed E-state index contributed by atoms with van der Waals surface area (Å²) in [5.41, 5.74) is 2.40. The number of hydrogen-bond donors (Lipinski definition) is 3. The minimum Gasteiger partial charge on any atom is -0.462 e. The number of benzene rings is 2. The van der Waals surface area contributed by atoms with Gasteiger partial charge in [0.1, 0.15) is 0 Å². The Hall–Kier alpha value is -3.35. The molecule has 0 aliphatic heterocycles. The molecule has 0 aliphatic rings. The molecule has 0 atom stereocenters. The molecule has 0 saturated heterocycles. The average Bonchev–Trinajstić information content (AvgIpc) is 2.71. The van der Waals surface area contributed by atoms with Crippen molar-refractivity contribution in [2.45, 2.75) is 39.8 Å².